The van der Waals surface area contributed by atoms with Gasteiger partial charge in [0.1, 0.15) is 17.3 Å². The van der Waals surface area contributed by atoms with Gasteiger partial charge in [-0.3, -0.25) is 15.0 Å². The van der Waals surface area contributed by atoms with Crippen molar-refractivity contribution in [3.8, 4) is 23.1 Å². The third kappa shape index (κ3) is 9.58. The lowest BCUT2D eigenvalue weighted by Crippen LogP contribution is -2.41. The van der Waals surface area contributed by atoms with E-state index in [2.05, 4.69) is 43.1 Å². The van der Waals surface area contributed by atoms with Crippen LogP contribution in [0.4, 0.5) is 27.9 Å². The van der Waals surface area contributed by atoms with Gasteiger partial charge in [-0.15, -0.1) is 0 Å². The zero-order valence-corrected chi connectivity index (χ0v) is 31.5. The second kappa shape index (κ2) is 18.2. The van der Waals surface area contributed by atoms with Crippen LogP contribution in [0.25, 0.3) is 16.5 Å². The van der Waals surface area contributed by atoms with Crippen LogP contribution < -0.4 is 30.7 Å². The zero-order chi connectivity index (χ0) is 38.7. The number of ether oxygens (including phenoxy) is 3. The molecule has 4 aromatic carbocycles. The first-order chi connectivity index (χ1) is 27.4. The molecule has 1 fully saturated rings. The molecule has 0 atom stereocenters. The zero-order valence-electron chi connectivity index (χ0n) is 31.5. The number of carbonyl (C=O) groups is 2. The van der Waals surface area contributed by atoms with Crippen LogP contribution in [-0.4, -0.2) is 83.1 Å². The molecule has 0 aliphatic carbocycles. The Kier molecular flexibility index (Phi) is 12.3. The van der Waals surface area contributed by atoms with Crippen LogP contribution in [-0.2, 0) is 11.2 Å². The number of fused-ring (bicyclic) bond motifs is 1. The van der Waals surface area contributed by atoms with Gasteiger partial charge in [0.2, 0.25) is 11.8 Å². The van der Waals surface area contributed by atoms with Crippen LogP contribution in [0.2, 0.25) is 0 Å². The van der Waals surface area contributed by atoms with Crippen molar-refractivity contribution in [3.63, 3.8) is 0 Å². The van der Waals surface area contributed by atoms with Crippen LogP contribution in [0.5, 0.6) is 17.4 Å². The molecule has 0 spiro atoms. The molecule has 14 heteroatoms. The highest BCUT2D eigenvalue weighted by Gasteiger charge is 2.16. The number of rotatable bonds is 15. The Balaban J connectivity index is 1.02. The van der Waals surface area contributed by atoms with E-state index in [-0.39, 0.29) is 5.91 Å². The largest absolute Gasteiger partial charge is 0.497 e. The van der Waals surface area contributed by atoms with E-state index in [0.717, 1.165) is 80.0 Å². The number of hydrogen-bond donors (Lipinski definition) is 4. The van der Waals surface area contributed by atoms with E-state index in [0.29, 0.717) is 46.9 Å². The maximum Gasteiger partial charge on any atom is 0.324 e. The fraction of sp³-hybridized carbons (Fsp3) is 0.262. The summed E-state index contributed by atoms with van der Waals surface area (Å²) in [7, 11) is 1.62. The van der Waals surface area contributed by atoms with Crippen LogP contribution in [0.3, 0.4) is 0 Å². The summed E-state index contributed by atoms with van der Waals surface area (Å²) in [6.07, 6.45) is 4.42. The van der Waals surface area contributed by atoms with Crippen molar-refractivity contribution in [2.24, 2.45) is 0 Å². The van der Waals surface area contributed by atoms with E-state index in [4.69, 9.17) is 19.3 Å². The minimum Gasteiger partial charge on any atom is -0.497 e. The van der Waals surface area contributed by atoms with Gasteiger partial charge in [-0.1, -0.05) is 43.7 Å². The fourth-order valence-electron chi connectivity index (χ4n) is 6.35. The van der Waals surface area contributed by atoms with Crippen LogP contribution in [0, 0.1) is 0 Å². The van der Waals surface area contributed by atoms with Crippen LogP contribution >= 0.6 is 0 Å². The number of aryl methyl sites for hydroxylation is 1. The number of carbonyl (C=O) groups excluding carboxylic acids is 2. The van der Waals surface area contributed by atoms with Gasteiger partial charge in [0.05, 0.1) is 37.4 Å². The van der Waals surface area contributed by atoms with Crippen molar-refractivity contribution < 1.29 is 23.8 Å². The lowest BCUT2D eigenvalue weighted by atomic mass is 10.1. The van der Waals surface area contributed by atoms with E-state index < -0.39 is 6.03 Å². The second-order valence-corrected chi connectivity index (χ2v) is 13.2. The van der Waals surface area contributed by atoms with Crippen molar-refractivity contribution >= 4 is 45.9 Å². The van der Waals surface area contributed by atoms with Crippen molar-refractivity contribution in [1.82, 2.24) is 30.0 Å². The van der Waals surface area contributed by atoms with Gasteiger partial charge in [0, 0.05) is 66.5 Å². The summed E-state index contributed by atoms with van der Waals surface area (Å²) in [6, 6.07) is 29.1. The standard InChI is InChI=1S/C42H45N9O5/c1-3-4-9-31-28-38(51(49-31)32-13-15-33(54-2)16-14-32)47-42(53)46-36-17-18-37(35-12-6-5-11-34(35)36)56-39-19-20-44-41(48-39)45-30-10-7-8-29(27-30)40(52)43-21-22-50-23-25-55-26-24-50/h5-8,10-20,27-28H,3-4,9,21-26H2,1-2H3,(H,43,52)(H,44,45,48)(H2,46,47,53). The SMILES string of the molecule is CCCCc1cc(NC(=O)Nc2ccc(Oc3ccnc(Nc4cccc(C(=O)NCCN5CCOCC5)c4)n3)c3ccccc23)n(-c2ccc(OC)cc2)n1. The molecular formula is C42H45N9O5. The molecule has 1 saturated heterocycles. The summed E-state index contributed by atoms with van der Waals surface area (Å²) in [5.41, 5.74) is 3.47. The molecule has 56 heavy (non-hydrogen) atoms. The molecule has 1 aliphatic rings. The van der Waals surface area contributed by atoms with Gasteiger partial charge in [0.25, 0.3) is 5.91 Å². The number of methoxy groups -OCH3 is 1. The lowest BCUT2D eigenvalue weighted by molar-refractivity contribution is 0.0383. The molecule has 3 amide bonds. The van der Waals surface area contributed by atoms with Gasteiger partial charge in [-0.2, -0.15) is 10.1 Å². The van der Waals surface area contributed by atoms with E-state index in [9.17, 15) is 9.59 Å². The number of hydrogen-bond acceptors (Lipinski definition) is 10. The first-order valence-corrected chi connectivity index (χ1v) is 18.7. The molecule has 0 bridgehead atoms. The lowest BCUT2D eigenvalue weighted by Gasteiger charge is -2.26. The van der Waals surface area contributed by atoms with Crippen molar-refractivity contribution in [3.05, 3.63) is 115 Å². The Morgan fingerprint density at radius 3 is 2.52 bits per heavy atom. The fourth-order valence-corrected chi connectivity index (χ4v) is 6.35. The predicted octanol–water partition coefficient (Wildman–Crippen LogP) is 7.41. The number of unbranched alkanes of at least 4 members (excludes halogenated alkanes) is 1. The molecule has 2 aromatic heterocycles. The summed E-state index contributed by atoms with van der Waals surface area (Å²) >= 11 is 0. The number of urea groups is 1. The van der Waals surface area contributed by atoms with Crippen LogP contribution in [0.15, 0.2) is 103 Å². The molecule has 0 unspecified atom stereocenters. The van der Waals surface area contributed by atoms with Gasteiger partial charge in [0.15, 0.2) is 0 Å². The molecule has 0 saturated carbocycles. The Bertz CT molecular complexity index is 2270. The van der Waals surface area contributed by atoms with E-state index in [1.807, 2.05) is 66.7 Å². The smallest absolute Gasteiger partial charge is 0.324 e. The molecule has 3 heterocycles. The highest BCUT2D eigenvalue weighted by Crippen LogP contribution is 2.34. The molecule has 14 nitrogen and oxygen atoms in total. The molecule has 1 aliphatic heterocycles. The number of benzene rings is 4. The van der Waals surface area contributed by atoms with E-state index in [1.54, 1.807) is 48.3 Å². The van der Waals surface area contributed by atoms with Gasteiger partial charge < -0.3 is 30.2 Å². The van der Waals surface area contributed by atoms with Gasteiger partial charge >= 0.3 is 6.03 Å². The number of nitrogens with zero attached hydrogens (tertiary/aromatic N) is 5. The molecule has 6 aromatic rings. The summed E-state index contributed by atoms with van der Waals surface area (Å²) < 4.78 is 18.7. The number of amides is 3. The number of nitrogens with one attached hydrogen (secondary N) is 4. The highest BCUT2D eigenvalue weighted by molar-refractivity contribution is 6.07. The number of morpholine rings is 1. The molecule has 4 N–H and O–H groups in total. The summed E-state index contributed by atoms with van der Waals surface area (Å²) in [5.74, 6) is 2.29. The molecule has 7 rings (SSSR count). The number of aromatic nitrogens is 4. The Morgan fingerprint density at radius 1 is 0.893 bits per heavy atom. The molecule has 0 radical (unpaired) electrons. The first kappa shape index (κ1) is 37.8. The maximum atomic E-state index is 13.5. The number of anilines is 4. The Labute approximate surface area is 325 Å². The molecular weight excluding hydrogens is 711 g/mol. The highest BCUT2D eigenvalue weighted by atomic mass is 16.5. The third-order valence-electron chi connectivity index (χ3n) is 9.28. The third-order valence-corrected chi connectivity index (χ3v) is 9.28. The average Bonchev–Trinajstić information content (AvgIpc) is 3.63. The minimum atomic E-state index is -0.415. The Hall–Kier alpha value is -6.51. The normalized spacial score (nSPS) is 12.9. The van der Waals surface area contributed by atoms with Crippen molar-refractivity contribution in [2.45, 2.75) is 26.2 Å². The second-order valence-electron chi connectivity index (χ2n) is 13.2. The van der Waals surface area contributed by atoms with E-state index in [1.165, 1.54) is 0 Å². The Morgan fingerprint density at radius 2 is 1.71 bits per heavy atom. The average molecular weight is 756 g/mol. The topological polar surface area (TPSA) is 157 Å². The van der Waals surface area contributed by atoms with Gasteiger partial charge in [-0.25, -0.2) is 14.5 Å². The quantitative estimate of drug-likeness (QED) is 0.0833. The first-order valence-electron chi connectivity index (χ1n) is 18.7. The maximum absolute atomic E-state index is 13.5. The van der Waals surface area contributed by atoms with Crippen molar-refractivity contribution in [1.29, 1.82) is 0 Å². The monoisotopic (exact) mass is 755 g/mol. The predicted molar refractivity (Wildman–Crippen MR) is 217 cm³/mol. The summed E-state index contributed by atoms with van der Waals surface area (Å²) in [4.78, 5) is 37.6. The van der Waals surface area contributed by atoms with Gasteiger partial charge in [-0.05, 0) is 67.4 Å². The van der Waals surface area contributed by atoms with E-state index >= 15 is 0 Å². The minimum absolute atomic E-state index is 0.154. The van der Waals surface area contributed by atoms with Crippen LogP contribution in [0.1, 0.15) is 35.8 Å². The summed E-state index contributed by atoms with van der Waals surface area (Å²) in [5, 5.41) is 18.5. The molecule has 288 valence electrons. The van der Waals surface area contributed by atoms with Crippen molar-refractivity contribution in [2.75, 3.05) is 62.5 Å². The summed E-state index contributed by atoms with van der Waals surface area (Å²) in [6.45, 7) is 6.65.